The second-order valence-electron chi connectivity index (χ2n) is 6.91. The predicted octanol–water partition coefficient (Wildman–Crippen LogP) is 4.17. The fourth-order valence-electron chi connectivity index (χ4n) is 2.26. The summed E-state index contributed by atoms with van der Waals surface area (Å²) in [4.78, 5) is 11.4. The van der Waals surface area contributed by atoms with E-state index in [0.29, 0.717) is 6.42 Å². The number of rotatable bonds is 7. The van der Waals surface area contributed by atoms with Crippen LogP contribution < -0.4 is 10.1 Å². The Kier molecular flexibility index (Phi) is 6.66. The molecule has 1 aromatic rings. The third-order valence-corrected chi connectivity index (χ3v) is 3.60. The number of aliphatic carboxylic acids is 1. The molecular formula is C17H24F3NO3. The van der Waals surface area contributed by atoms with Gasteiger partial charge in [-0.15, -0.1) is 0 Å². The normalized spacial score (nSPS) is 15.0. The summed E-state index contributed by atoms with van der Waals surface area (Å²) in [7, 11) is 1.36. The zero-order valence-electron chi connectivity index (χ0n) is 14.3. The Labute approximate surface area is 140 Å². The lowest BCUT2D eigenvalue weighted by atomic mass is 9.88. The Balaban J connectivity index is 3.04. The number of halogens is 3. The van der Waals surface area contributed by atoms with Crippen molar-refractivity contribution in [3.05, 3.63) is 29.8 Å². The van der Waals surface area contributed by atoms with Crippen LogP contribution in [0.3, 0.4) is 0 Å². The van der Waals surface area contributed by atoms with Crippen molar-refractivity contribution in [1.82, 2.24) is 5.32 Å². The highest BCUT2D eigenvalue weighted by atomic mass is 19.4. The first-order valence-corrected chi connectivity index (χ1v) is 7.63. The van der Waals surface area contributed by atoms with Gasteiger partial charge >= 0.3 is 12.1 Å². The van der Waals surface area contributed by atoms with E-state index in [2.05, 4.69) is 5.32 Å². The minimum atomic E-state index is -4.62. The number of hydrogen-bond donors (Lipinski definition) is 2. The van der Waals surface area contributed by atoms with Crippen LogP contribution in [0.4, 0.5) is 13.2 Å². The molecule has 0 aliphatic heterocycles. The fourth-order valence-corrected chi connectivity index (χ4v) is 2.26. The van der Waals surface area contributed by atoms with Gasteiger partial charge in [-0.05, 0) is 36.0 Å². The molecule has 2 atom stereocenters. The minimum Gasteiger partial charge on any atom is -0.497 e. The van der Waals surface area contributed by atoms with E-state index < -0.39 is 24.2 Å². The van der Waals surface area contributed by atoms with Crippen molar-refractivity contribution in [2.75, 3.05) is 7.11 Å². The number of carboxylic acid groups (broad SMARTS) is 1. The molecule has 0 aromatic heterocycles. The second kappa shape index (κ2) is 7.88. The lowest BCUT2D eigenvalue weighted by Crippen LogP contribution is -2.45. The van der Waals surface area contributed by atoms with Gasteiger partial charge in [0.2, 0.25) is 0 Å². The van der Waals surface area contributed by atoms with E-state index >= 15 is 0 Å². The van der Waals surface area contributed by atoms with Crippen LogP contribution in [0.15, 0.2) is 24.3 Å². The summed E-state index contributed by atoms with van der Waals surface area (Å²) >= 11 is 0. The molecule has 136 valence electrons. The molecule has 0 saturated heterocycles. The van der Waals surface area contributed by atoms with E-state index in [1.807, 2.05) is 20.8 Å². The molecule has 0 aliphatic rings. The van der Waals surface area contributed by atoms with E-state index in [1.165, 1.54) is 31.4 Å². The summed E-state index contributed by atoms with van der Waals surface area (Å²) < 4.78 is 45.3. The summed E-state index contributed by atoms with van der Waals surface area (Å²) in [5.41, 5.74) is -0.247. The van der Waals surface area contributed by atoms with Crippen molar-refractivity contribution in [2.45, 2.75) is 51.9 Å². The Morgan fingerprint density at radius 2 is 1.92 bits per heavy atom. The highest BCUT2D eigenvalue weighted by Crippen LogP contribution is 2.35. The highest BCUT2D eigenvalue weighted by molar-refractivity contribution is 5.73. The maximum atomic E-state index is 13.4. The lowest BCUT2D eigenvalue weighted by Gasteiger charge is -2.28. The van der Waals surface area contributed by atoms with Gasteiger partial charge in [-0.25, -0.2) is 0 Å². The number of carboxylic acids is 1. The number of ether oxygens (including phenoxy) is 1. The molecule has 0 saturated carbocycles. The smallest absolute Gasteiger partial charge is 0.407 e. The van der Waals surface area contributed by atoms with Crippen molar-refractivity contribution < 1.29 is 27.8 Å². The topological polar surface area (TPSA) is 58.6 Å². The van der Waals surface area contributed by atoms with E-state index in [9.17, 15) is 23.1 Å². The number of alkyl halides is 3. The quantitative estimate of drug-likeness (QED) is 0.777. The van der Waals surface area contributed by atoms with Crippen LogP contribution >= 0.6 is 0 Å². The first-order chi connectivity index (χ1) is 10.9. The lowest BCUT2D eigenvalue weighted by molar-refractivity contribution is -0.163. The van der Waals surface area contributed by atoms with Crippen LogP contribution in [0, 0.1) is 5.41 Å². The predicted molar refractivity (Wildman–Crippen MR) is 85.0 cm³/mol. The highest BCUT2D eigenvalue weighted by Gasteiger charge is 2.43. The molecule has 4 nitrogen and oxygen atoms in total. The molecule has 7 heteroatoms. The molecule has 0 spiro atoms. The van der Waals surface area contributed by atoms with Crippen molar-refractivity contribution >= 4 is 5.97 Å². The number of carbonyl (C=O) groups is 1. The molecule has 24 heavy (non-hydrogen) atoms. The molecule has 2 N–H and O–H groups in total. The molecule has 1 rings (SSSR count). The third-order valence-electron chi connectivity index (χ3n) is 3.60. The van der Waals surface area contributed by atoms with Gasteiger partial charge in [-0.3, -0.25) is 10.1 Å². The van der Waals surface area contributed by atoms with E-state index in [0.717, 1.165) is 0 Å². The zero-order valence-corrected chi connectivity index (χ0v) is 14.3. The van der Waals surface area contributed by atoms with Crippen LogP contribution in [0.2, 0.25) is 0 Å². The summed E-state index contributed by atoms with van der Waals surface area (Å²) in [6, 6.07) is 2.17. The Morgan fingerprint density at radius 3 is 2.38 bits per heavy atom. The van der Waals surface area contributed by atoms with Crippen LogP contribution in [0.5, 0.6) is 5.75 Å². The van der Waals surface area contributed by atoms with Gasteiger partial charge in [0.25, 0.3) is 0 Å². The summed E-state index contributed by atoms with van der Waals surface area (Å²) in [5, 5.41) is 11.5. The van der Waals surface area contributed by atoms with Gasteiger partial charge in [-0.2, -0.15) is 13.2 Å². The largest absolute Gasteiger partial charge is 0.497 e. The average molecular weight is 347 g/mol. The number of nitrogens with one attached hydrogen (secondary N) is 1. The average Bonchev–Trinajstić information content (AvgIpc) is 2.44. The van der Waals surface area contributed by atoms with Gasteiger partial charge in [0, 0.05) is 0 Å². The number of methoxy groups -OCH3 is 1. The van der Waals surface area contributed by atoms with Crippen molar-refractivity contribution in [2.24, 2.45) is 5.41 Å². The van der Waals surface area contributed by atoms with Crippen molar-refractivity contribution in [3.8, 4) is 5.75 Å². The fraction of sp³-hybridized carbons (Fsp3) is 0.588. The molecule has 1 aromatic carbocycles. The SMILES string of the molecule is COc1cccc([C@H](NC(CCC(C)(C)C)C(=O)O)C(F)(F)F)c1. The number of benzene rings is 1. The molecule has 0 bridgehead atoms. The molecule has 0 aliphatic carbocycles. The van der Waals surface area contributed by atoms with Gasteiger partial charge in [-0.1, -0.05) is 32.9 Å². The number of hydrogen-bond acceptors (Lipinski definition) is 3. The summed E-state index contributed by atoms with van der Waals surface area (Å²) in [6.07, 6.45) is -4.03. The summed E-state index contributed by atoms with van der Waals surface area (Å²) in [5.74, 6) is -1.01. The first-order valence-electron chi connectivity index (χ1n) is 7.63. The molecular weight excluding hydrogens is 323 g/mol. The Morgan fingerprint density at radius 1 is 1.29 bits per heavy atom. The van der Waals surface area contributed by atoms with Gasteiger partial charge in [0.15, 0.2) is 0 Å². The summed E-state index contributed by atoms with van der Waals surface area (Å²) in [6.45, 7) is 5.74. The molecule has 0 amide bonds. The van der Waals surface area contributed by atoms with Gasteiger partial charge < -0.3 is 9.84 Å². The van der Waals surface area contributed by atoms with Gasteiger partial charge in [0.1, 0.15) is 17.8 Å². The van der Waals surface area contributed by atoms with Gasteiger partial charge in [0.05, 0.1) is 7.11 Å². The molecule has 0 fully saturated rings. The maximum absolute atomic E-state index is 13.4. The van der Waals surface area contributed by atoms with Crippen LogP contribution in [0.25, 0.3) is 0 Å². The standard InChI is InChI=1S/C17H24F3NO3/c1-16(2,3)9-8-13(15(22)23)21-14(17(18,19)20)11-6-5-7-12(10-11)24-4/h5-7,10,13-14,21H,8-9H2,1-4H3,(H,22,23)/t13?,14-/m0/s1. The molecule has 0 heterocycles. The van der Waals surface area contributed by atoms with Crippen LogP contribution in [-0.4, -0.2) is 30.4 Å². The van der Waals surface area contributed by atoms with E-state index in [4.69, 9.17) is 4.74 Å². The van der Waals surface area contributed by atoms with Crippen LogP contribution in [0.1, 0.15) is 45.2 Å². The Hall–Kier alpha value is -1.76. The van der Waals surface area contributed by atoms with Crippen LogP contribution in [-0.2, 0) is 4.79 Å². The van der Waals surface area contributed by atoms with Crippen molar-refractivity contribution in [1.29, 1.82) is 0 Å². The van der Waals surface area contributed by atoms with E-state index in [1.54, 1.807) is 0 Å². The minimum absolute atomic E-state index is 0.0798. The molecule has 1 unspecified atom stereocenters. The Bertz CT molecular complexity index is 553. The first kappa shape index (κ1) is 20.3. The second-order valence-corrected chi connectivity index (χ2v) is 6.91. The monoisotopic (exact) mass is 347 g/mol. The third kappa shape index (κ3) is 6.39. The maximum Gasteiger partial charge on any atom is 0.407 e. The molecule has 0 radical (unpaired) electrons. The van der Waals surface area contributed by atoms with Crippen molar-refractivity contribution in [3.63, 3.8) is 0 Å². The zero-order chi connectivity index (χ0) is 18.5. The van der Waals surface area contributed by atoms with E-state index in [-0.39, 0.29) is 23.1 Å².